The fraction of sp³-hybridized carbons (Fsp3) is 0.130. The number of ether oxygens (including phenoxy) is 1. The molecule has 4 rings (SSSR count). The van der Waals surface area contributed by atoms with Crippen molar-refractivity contribution in [2.45, 2.75) is 12.9 Å². The summed E-state index contributed by atoms with van der Waals surface area (Å²) < 4.78 is 68.6. The highest BCUT2D eigenvalue weighted by Crippen LogP contribution is 2.36. The van der Waals surface area contributed by atoms with Gasteiger partial charge < -0.3 is 14.3 Å². The number of aromatic nitrogens is 2. The lowest BCUT2D eigenvalue weighted by atomic mass is 10.0. The zero-order chi connectivity index (χ0) is 26.3. The number of benzene rings is 2. The normalized spacial score (nSPS) is 12.0. The number of alkyl halides is 3. The fourth-order valence-corrected chi connectivity index (χ4v) is 4.42. The van der Waals surface area contributed by atoms with Gasteiger partial charge in [-0.1, -0.05) is 23.7 Å². The molecule has 36 heavy (non-hydrogen) atoms. The molecule has 8 nitrogen and oxygen atoms in total. The van der Waals surface area contributed by atoms with Crippen molar-refractivity contribution in [3.63, 3.8) is 0 Å². The molecule has 1 amide bonds. The van der Waals surface area contributed by atoms with Gasteiger partial charge in [0, 0.05) is 39.8 Å². The third-order valence-electron chi connectivity index (χ3n) is 5.10. The maximum atomic E-state index is 13.2. The van der Waals surface area contributed by atoms with E-state index in [9.17, 15) is 31.2 Å². The number of hydrogen-bond donors (Lipinski definition) is 2. The summed E-state index contributed by atoms with van der Waals surface area (Å²) in [6.45, 7) is -0.0539. The number of amides is 1. The molecule has 188 valence electrons. The van der Waals surface area contributed by atoms with Gasteiger partial charge in [0.25, 0.3) is 11.5 Å². The zero-order valence-electron chi connectivity index (χ0n) is 18.4. The summed E-state index contributed by atoms with van der Waals surface area (Å²) in [5, 5.41) is 0.701. The van der Waals surface area contributed by atoms with E-state index >= 15 is 0 Å². The molecule has 0 unspecified atom stereocenters. The third-order valence-corrected chi connectivity index (χ3v) is 5.90. The predicted molar refractivity (Wildman–Crippen MR) is 128 cm³/mol. The molecule has 0 radical (unpaired) electrons. The predicted octanol–water partition coefficient (Wildman–Crippen LogP) is 4.29. The van der Waals surface area contributed by atoms with E-state index < -0.39 is 33.6 Å². The molecule has 0 fully saturated rings. The van der Waals surface area contributed by atoms with Crippen molar-refractivity contribution in [1.29, 1.82) is 0 Å². The maximum absolute atomic E-state index is 13.2. The minimum Gasteiger partial charge on any atom is -0.406 e. The Kier molecular flexibility index (Phi) is 6.58. The minimum absolute atomic E-state index is 0.0539. The zero-order valence-corrected chi connectivity index (χ0v) is 20.0. The Labute approximate surface area is 207 Å². The highest BCUT2D eigenvalue weighted by molar-refractivity contribution is 7.89. The molecular formula is C23H17ClF3N3O5S. The number of H-pyrrole nitrogens is 1. The molecule has 0 saturated heterocycles. The number of carbonyl (C=O) groups is 1. The second kappa shape index (κ2) is 9.36. The lowest BCUT2D eigenvalue weighted by Gasteiger charge is -2.13. The number of aromatic amines is 1. The SMILES string of the molecule is CS(=O)(=O)NC(=O)c1c(-c2ccc[nH]c2=O)c2cc(Cl)ccc2n1Cc1ccc(OC(F)(F)F)cc1. The smallest absolute Gasteiger partial charge is 0.406 e. The van der Waals surface area contributed by atoms with Crippen LogP contribution in [0.2, 0.25) is 5.02 Å². The van der Waals surface area contributed by atoms with Gasteiger partial charge >= 0.3 is 6.36 Å². The van der Waals surface area contributed by atoms with E-state index in [0.717, 1.165) is 18.4 Å². The summed E-state index contributed by atoms with van der Waals surface area (Å²) in [7, 11) is -3.99. The van der Waals surface area contributed by atoms with Crippen LogP contribution in [-0.2, 0) is 16.6 Å². The molecule has 2 aromatic heterocycles. The molecule has 0 aliphatic carbocycles. The highest BCUT2D eigenvalue weighted by atomic mass is 35.5. The topological polar surface area (TPSA) is 110 Å². The van der Waals surface area contributed by atoms with Crippen molar-refractivity contribution < 1.29 is 31.1 Å². The van der Waals surface area contributed by atoms with Crippen molar-refractivity contribution in [3.8, 4) is 16.9 Å². The molecule has 0 spiro atoms. The van der Waals surface area contributed by atoms with Gasteiger partial charge in [-0.25, -0.2) is 13.1 Å². The third kappa shape index (κ3) is 5.55. The first kappa shape index (κ1) is 25.3. The number of nitrogens with zero attached hydrogens (tertiary/aromatic N) is 1. The Balaban J connectivity index is 1.95. The van der Waals surface area contributed by atoms with E-state index in [1.54, 1.807) is 18.2 Å². The van der Waals surface area contributed by atoms with E-state index in [4.69, 9.17) is 11.6 Å². The fourth-order valence-electron chi connectivity index (χ4n) is 3.81. The van der Waals surface area contributed by atoms with Crippen molar-refractivity contribution in [3.05, 3.63) is 87.4 Å². The Bertz CT molecular complexity index is 1630. The Hall–Kier alpha value is -3.77. The van der Waals surface area contributed by atoms with E-state index in [2.05, 4.69) is 9.72 Å². The molecule has 0 atom stereocenters. The van der Waals surface area contributed by atoms with Crippen LogP contribution in [-0.4, -0.2) is 36.5 Å². The summed E-state index contributed by atoms with van der Waals surface area (Å²) in [5.74, 6) is -1.43. The highest BCUT2D eigenvalue weighted by Gasteiger charge is 2.31. The minimum atomic E-state index is -4.86. The van der Waals surface area contributed by atoms with Gasteiger partial charge in [0.2, 0.25) is 10.0 Å². The van der Waals surface area contributed by atoms with Crippen LogP contribution in [0.25, 0.3) is 22.0 Å². The Morgan fingerprint density at radius 2 is 1.83 bits per heavy atom. The van der Waals surface area contributed by atoms with Crippen LogP contribution in [0.4, 0.5) is 13.2 Å². The summed E-state index contributed by atoms with van der Waals surface area (Å²) >= 11 is 6.20. The summed E-state index contributed by atoms with van der Waals surface area (Å²) in [6.07, 6.45) is -2.64. The molecule has 0 aliphatic heterocycles. The number of carbonyl (C=O) groups excluding carboxylic acids is 1. The largest absolute Gasteiger partial charge is 0.573 e. The molecule has 2 heterocycles. The monoisotopic (exact) mass is 539 g/mol. The number of pyridine rings is 1. The van der Waals surface area contributed by atoms with Crippen LogP contribution in [0.1, 0.15) is 16.1 Å². The van der Waals surface area contributed by atoms with Crippen molar-refractivity contribution in [1.82, 2.24) is 14.3 Å². The van der Waals surface area contributed by atoms with Gasteiger partial charge in [0.1, 0.15) is 11.4 Å². The van der Waals surface area contributed by atoms with Gasteiger partial charge in [0.15, 0.2) is 0 Å². The lowest BCUT2D eigenvalue weighted by Crippen LogP contribution is -2.31. The molecular weight excluding hydrogens is 523 g/mol. The van der Waals surface area contributed by atoms with Gasteiger partial charge in [-0.05, 0) is 48.0 Å². The second-order valence-electron chi connectivity index (χ2n) is 7.78. The van der Waals surface area contributed by atoms with Gasteiger partial charge in [0.05, 0.1) is 6.26 Å². The summed E-state index contributed by atoms with van der Waals surface area (Å²) in [5.41, 5.74) is 0.470. The first-order chi connectivity index (χ1) is 16.8. The molecule has 0 saturated carbocycles. The summed E-state index contributed by atoms with van der Waals surface area (Å²) in [4.78, 5) is 28.4. The first-order valence-electron chi connectivity index (χ1n) is 10.2. The number of halogens is 4. The number of rotatable bonds is 6. The number of sulfonamides is 1. The van der Waals surface area contributed by atoms with Crippen LogP contribution in [0.3, 0.4) is 0 Å². The van der Waals surface area contributed by atoms with E-state index in [1.807, 2.05) is 4.72 Å². The number of fused-ring (bicyclic) bond motifs is 1. The lowest BCUT2D eigenvalue weighted by molar-refractivity contribution is -0.274. The van der Waals surface area contributed by atoms with Crippen LogP contribution in [0.15, 0.2) is 65.6 Å². The molecule has 2 aromatic carbocycles. The second-order valence-corrected chi connectivity index (χ2v) is 9.96. The quantitative estimate of drug-likeness (QED) is 0.380. The molecule has 13 heteroatoms. The molecule has 2 N–H and O–H groups in total. The van der Waals surface area contributed by atoms with E-state index in [-0.39, 0.29) is 23.4 Å². The van der Waals surface area contributed by atoms with Crippen LogP contribution in [0, 0.1) is 0 Å². The van der Waals surface area contributed by atoms with E-state index in [1.165, 1.54) is 35.0 Å². The van der Waals surface area contributed by atoms with Crippen molar-refractivity contribution in [2.24, 2.45) is 0 Å². The summed E-state index contributed by atoms with van der Waals surface area (Å²) in [6, 6.07) is 12.7. The number of nitrogens with one attached hydrogen (secondary N) is 2. The van der Waals surface area contributed by atoms with Gasteiger partial charge in [-0.2, -0.15) is 0 Å². The maximum Gasteiger partial charge on any atom is 0.573 e. The van der Waals surface area contributed by atoms with Crippen molar-refractivity contribution >= 4 is 38.4 Å². The molecule has 0 aliphatic rings. The van der Waals surface area contributed by atoms with Crippen LogP contribution >= 0.6 is 11.6 Å². The van der Waals surface area contributed by atoms with Crippen LogP contribution in [0.5, 0.6) is 5.75 Å². The van der Waals surface area contributed by atoms with E-state index in [0.29, 0.717) is 21.5 Å². The Morgan fingerprint density at radius 1 is 1.14 bits per heavy atom. The average Bonchev–Trinajstić information content (AvgIpc) is 3.06. The molecule has 4 aromatic rings. The van der Waals surface area contributed by atoms with Gasteiger partial charge in [-0.15, -0.1) is 13.2 Å². The first-order valence-corrected chi connectivity index (χ1v) is 12.5. The average molecular weight is 540 g/mol. The standard InChI is InChI=1S/C23H17ClF3N3O5S/c1-36(33,34)29-22(32)20-19(16-3-2-10-28-21(16)31)17-11-14(24)6-9-18(17)30(20)12-13-4-7-15(8-5-13)35-23(25,26)27/h2-11H,12H2,1H3,(H,28,31)(H,29,32). The van der Waals surface area contributed by atoms with Crippen molar-refractivity contribution in [2.75, 3.05) is 6.26 Å². The Morgan fingerprint density at radius 3 is 2.44 bits per heavy atom. The molecule has 0 bridgehead atoms. The van der Waals surface area contributed by atoms with Crippen LogP contribution < -0.4 is 15.0 Å². The van der Waals surface area contributed by atoms with Gasteiger partial charge in [-0.3, -0.25) is 9.59 Å². The number of hydrogen-bond acceptors (Lipinski definition) is 5.